The normalized spacial score (nSPS) is 12.7. The summed E-state index contributed by atoms with van der Waals surface area (Å²) < 4.78 is 14.6. The highest BCUT2D eigenvalue weighted by Crippen LogP contribution is 2.37. The molecule has 0 saturated heterocycles. The first-order valence-corrected chi connectivity index (χ1v) is 11.1. The van der Waals surface area contributed by atoms with Gasteiger partial charge in [-0.3, -0.25) is 24.0 Å². The minimum Gasteiger partial charge on any atom is -0.336 e. The average molecular weight is 448 g/mol. The molecule has 0 aliphatic carbocycles. The molecular weight excluding hydrogens is 431 g/mol. The van der Waals surface area contributed by atoms with Gasteiger partial charge in [0.2, 0.25) is 5.57 Å². The molecule has 3 aromatic carbocycles. The Hall–Kier alpha value is -4.07. The van der Waals surface area contributed by atoms with Crippen molar-refractivity contribution >= 4 is 35.5 Å². The van der Waals surface area contributed by atoms with Crippen LogP contribution in [0, 0.1) is 10.1 Å². The summed E-state index contributed by atoms with van der Waals surface area (Å²) in [4.78, 5) is 37.6. The standard InChI is InChI=1S/C22H17N4O5P/c27-21(16-5-4-6-19(15-16)26(28)29)24-17-9-11-18(12-10-17)25-14-13-23-22(25)32(30,31)20-7-2-1-3-8-20/h1-15H,(H,24,27)(H,30,31). The molecule has 0 aliphatic heterocycles. The zero-order valence-corrected chi connectivity index (χ0v) is 17.4. The number of hydrogen-bond acceptors (Lipinski definition) is 5. The van der Waals surface area contributed by atoms with Crippen molar-refractivity contribution in [2.24, 2.45) is 0 Å². The second-order valence-electron chi connectivity index (χ2n) is 6.82. The summed E-state index contributed by atoms with van der Waals surface area (Å²) in [5, 5.41) is 13.8. The van der Waals surface area contributed by atoms with Crippen LogP contribution in [0.2, 0.25) is 0 Å². The van der Waals surface area contributed by atoms with E-state index in [1.807, 2.05) is 0 Å². The predicted octanol–water partition coefficient (Wildman–Crippen LogP) is 3.25. The van der Waals surface area contributed by atoms with Crippen LogP contribution in [0.25, 0.3) is 5.69 Å². The molecule has 4 aromatic rings. The minimum absolute atomic E-state index is 0.0112. The number of nitro benzene ring substituents is 1. The number of non-ortho nitro benzene ring substituents is 1. The summed E-state index contributed by atoms with van der Waals surface area (Å²) in [5.41, 5.74) is 1.03. The molecule has 1 unspecified atom stereocenters. The van der Waals surface area contributed by atoms with Crippen LogP contribution in [0.4, 0.5) is 11.4 Å². The van der Waals surface area contributed by atoms with Gasteiger partial charge >= 0.3 is 0 Å². The monoisotopic (exact) mass is 448 g/mol. The second kappa shape index (κ2) is 8.58. The van der Waals surface area contributed by atoms with Crippen molar-refractivity contribution < 1.29 is 19.2 Å². The van der Waals surface area contributed by atoms with Crippen molar-refractivity contribution in [2.75, 3.05) is 5.32 Å². The van der Waals surface area contributed by atoms with E-state index in [2.05, 4.69) is 10.3 Å². The Labute approximate surface area is 182 Å². The van der Waals surface area contributed by atoms with Gasteiger partial charge in [-0.25, -0.2) is 4.98 Å². The topological polar surface area (TPSA) is 127 Å². The van der Waals surface area contributed by atoms with Crippen molar-refractivity contribution in [1.82, 2.24) is 9.55 Å². The Kier molecular flexibility index (Phi) is 5.68. The lowest BCUT2D eigenvalue weighted by Crippen LogP contribution is -2.24. The van der Waals surface area contributed by atoms with E-state index in [4.69, 9.17) is 0 Å². The number of nitrogens with one attached hydrogen (secondary N) is 1. The molecule has 1 aromatic heterocycles. The van der Waals surface area contributed by atoms with Crippen molar-refractivity contribution in [3.8, 4) is 5.69 Å². The third kappa shape index (κ3) is 4.20. The van der Waals surface area contributed by atoms with Crippen LogP contribution in [0.15, 0.2) is 91.3 Å². The van der Waals surface area contributed by atoms with Gasteiger partial charge in [-0.2, -0.15) is 0 Å². The lowest BCUT2D eigenvalue weighted by molar-refractivity contribution is -0.384. The number of nitro groups is 1. The highest BCUT2D eigenvalue weighted by atomic mass is 31.2. The van der Waals surface area contributed by atoms with Gasteiger partial charge in [0.25, 0.3) is 19.0 Å². The molecule has 0 bridgehead atoms. The number of nitrogens with zero attached hydrogens (tertiary/aromatic N) is 3. The van der Waals surface area contributed by atoms with Crippen LogP contribution in [-0.2, 0) is 4.57 Å². The molecule has 160 valence electrons. The number of anilines is 1. The lowest BCUT2D eigenvalue weighted by Gasteiger charge is -2.14. The van der Waals surface area contributed by atoms with E-state index >= 15 is 0 Å². The minimum atomic E-state index is -3.91. The number of carbonyl (C=O) groups excluding carboxylic acids is 1. The molecule has 10 heteroatoms. The zero-order chi connectivity index (χ0) is 22.7. The van der Waals surface area contributed by atoms with Crippen LogP contribution in [-0.4, -0.2) is 25.3 Å². The molecular formula is C22H17N4O5P. The van der Waals surface area contributed by atoms with Gasteiger partial charge in [0.1, 0.15) is 0 Å². The fraction of sp³-hybridized carbons (Fsp3) is 0. The molecule has 0 spiro atoms. The molecule has 1 atom stereocenters. The summed E-state index contributed by atoms with van der Waals surface area (Å²) in [5.74, 6) is -0.492. The average Bonchev–Trinajstić information content (AvgIpc) is 3.31. The molecule has 1 heterocycles. The van der Waals surface area contributed by atoms with Gasteiger partial charge in [-0.15, -0.1) is 0 Å². The largest absolute Gasteiger partial charge is 0.336 e. The Bertz CT molecular complexity index is 1340. The molecule has 32 heavy (non-hydrogen) atoms. The van der Waals surface area contributed by atoms with Crippen LogP contribution in [0.3, 0.4) is 0 Å². The number of rotatable bonds is 6. The molecule has 0 saturated carbocycles. The highest BCUT2D eigenvalue weighted by molar-refractivity contribution is 7.73. The van der Waals surface area contributed by atoms with Gasteiger partial charge in [-0.05, 0) is 42.5 Å². The summed E-state index contributed by atoms with van der Waals surface area (Å²) in [6.45, 7) is 0. The van der Waals surface area contributed by atoms with Crippen molar-refractivity contribution in [3.63, 3.8) is 0 Å². The van der Waals surface area contributed by atoms with Crippen molar-refractivity contribution in [2.45, 2.75) is 0 Å². The molecule has 4 rings (SSSR count). The molecule has 2 N–H and O–H groups in total. The molecule has 1 amide bonds. The van der Waals surface area contributed by atoms with E-state index < -0.39 is 18.2 Å². The van der Waals surface area contributed by atoms with Gasteiger partial charge in [-0.1, -0.05) is 24.3 Å². The molecule has 0 radical (unpaired) electrons. The smallest absolute Gasteiger partial charge is 0.293 e. The third-order valence-corrected chi connectivity index (χ3v) is 6.59. The summed E-state index contributed by atoms with van der Waals surface area (Å²) in [6, 6.07) is 20.3. The van der Waals surface area contributed by atoms with E-state index in [0.29, 0.717) is 11.4 Å². The van der Waals surface area contributed by atoms with Gasteiger partial charge in [0.15, 0.2) is 0 Å². The number of aromatic nitrogens is 2. The first-order chi connectivity index (χ1) is 15.4. The maximum atomic E-state index is 13.1. The van der Waals surface area contributed by atoms with Gasteiger partial charge in [0.05, 0.1) is 4.92 Å². The van der Waals surface area contributed by atoms with Gasteiger partial charge in [0, 0.05) is 46.8 Å². The fourth-order valence-electron chi connectivity index (χ4n) is 3.14. The Balaban J connectivity index is 1.56. The first kappa shape index (κ1) is 21.2. The second-order valence-corrected chi connectivity index (χ2v) is 8.89. The maximum absolute atomic E-state index is 13.1. The fourth-order valence-corrected chi connectivity index (χ4v) is 4.64. The first-order valence-electron chi connectivity index (χ1n) is 9.45. The van der Waals surface area contributed by atoms with E-state index in [1.54, 1.807) is 60.8 Å². The Morgan fingerprint density at radius 3 is 2.44 bits per heavy atom. The molecule has 0 fully saturated rings. The number of hydrogen-bond donors (Lipinski definition) is 2. The summed E-state index contributed by atoms with van der Waals surface area (Å²) >= 11 is 0. The number of imidazole rings is 1. The van der Waals surface area contributed by atoms with Crippen LogP contribution < -0.4 is 16.2 Å². The number of benzene rings is 3. The lowest BCUT2D eigenvalue weighted by atomic mass is 10.2. The van der Waals surface area contributed by atoms with Crippen LogP contribution in [0.5, 0.6) is 0 Å². The Morgan fingerprint density at radius 1 is 1.03 bits per heavy atom. The van der Waals surface area contributed by atoms with E-state index in [0.717, 1.165) is 0 Å². The summed E-state index contributed by atoms with van der Waals surface area (Å²) in [7, 11) is -3.91. The summed E-state index contributed by atoms with van der Waals surface area (Å²) in [6.07, 6.45) is 3.02. The Morgan fingerprint density at radius 2 is 1.75 bits per heavy atom. The molecule has 0 aliphatic rings. The number of carbonyl (C=O) groups is 1. The van der Waals surface area contributed by atoms with Crippen LogP contribution in [0.1, 0.15) is 10.4 Å². The van der Waals surface area contributed by atoms with E-state index in [9.17, 15) is 24.4 Å². The van der Waals surface area contributed by atoms with E-state index in [-0.39, 0.29) is 22.1 Å². The van der Waals surface area contributed by atoms with Gasteiger partial charge < -0.3 is 10.2 Å². The van der Waals surface area contributed by atoms with Crippen LogP contribution >= 0.6 is 7.37 Å². The SMILES string of the molecule is O=C(Nc1ccc(-n2ccnc2P(=O)(O)c2ccccc2)cc1)c1cccc([N+](=O)[O-])c1. The molecule has 9 nitrogen and oxygen atoms in total. The quantitative estimate of drug-likeness (QED) is 0.265. The highest BCUT2D eigenvalue weighted by Gasteiger charge is 2.29. The van der Waals surface area contributed by atoms with E-state index in [1.165, 1.54) is 35.0 Å². The predicted molar refractivity (Wildman–Crippen MR) is 120 cm³/mol. The zero-order valence-electron chi connectivity index (χ0n) is 16.5. The maximum Gasteiger partial charge on any atom is 0.293 e. The third-order valence-electron chi connectivity index (χ3n) is 4.72. The van der Waals surface area contributed by atoms with Crippen molar-refractivity contribution in [1.29, 1.82) is 0 Å². The number of amides is 1. The van der Waals surface area contributed by atoms with Crippen molar-refractivity contribution in [3.05, 3.63) is 107 Å².